The van der Waals surface area contributed by atoms with Crippen LogP contribution < -0.4 is 5.32 Å². The Labute approximate surface area is 102 Å². The lowest BCUT2D eigenvalue weighted by Crippen LogP contribution is -2.41. The van der Waals surface area contributed by atoms with Crippen molar-refractivity contribution >= 4 is 5.91 Å². The molecule has 4 heteroatoms. The Bertz CT molecular complexity index is 380. The number of carbonyl (C=O) groups is 1. The van der Waals surface area contributed by atoms with Gasteiger partial charge in [0.25, 0.3) is 5.91 Å². The summed E-state index contributed by atoms with van der Waals surface area (Å²) in [7, 11) is 0. The summed E-state index contributed by atoms with van der Waals surface area (Å²) in [5, 5.41) is 12.7. The average Bonchev–Trinajstić information content (AvgIpc) is 2.59. The second kappa shape index (κ2) is 5.36. The van der Waals surface area contributed by atoms with E-state index in [2.05, 4.69) is 5.32 Å². The van der Waals surface area contributed by atoms with E-state index in [0.717, 1.165) is 0 Å². The van der Waals surface area contributed by atoms with Crippen molar-refractivity contribution < 1.29 is 14.3 Å². The zero-order valence-electron chi connectivity index (χ0n) is 10.9. The second-order valence-electron chi connectivity index (χ2n) is 5.19. The highest BCUT2D eigenvalue weighted by molar-refractivity contribution is 5.91. The number of furan rings is 1. The lowest BCUT2D eigenvalue weighted by Gasteiger charge is -2.25. The highest BCUT2D eigenvalue weighted by Crippen LogP contribution is 2.15. The van der Waals surface area contributed by atoms with E-state index in [0.29, 0.717) is 18.1 Å². The fourth-order valence-electron chi connectivity index (χ4n) is 1.87. The van der Waals surface area contributed by atoms with Gasteiger partial charge in [0.2, 0.25) is 0 Å². The van der Waals surface area contributed by atoms with E-state index >= 15 is 0 Å². The molecule has 0 aliphatic heterocycles. The first kappa shape index (κ1) is 13.8. The number of carbonyl (C=O) groups excluding carboxylic acids is 1. The van der Waals surface area contributed by atoms with E-state index in [-0.39, 0.29) is 18.2 Å². The third kappa shape index (κ3) is 4.61. The Kier molecular flexibility index (Phi) is 4.34. The van der Waals surface area contributed by atoms with Gasteiger partial charge in [-0.15, -0.1) is 0 Å². The monoisotopic (exact) mass is 239 g/mol. The topological polar surface area (TPSA) is 62.5 Å². The number of hydrogen-bond acceptors (Lipinski definition) is 3. The molecule has 17 heavy (non-hydrogen) atoms. The molecule has 0 saturated heterocycles. The van der Waals surface area contributed by atoms with Crippen molar-refractivity contribution in [2.45, 2.75) is 39.7 Å². The molecule has 1 aromatic rings. The van der Waals surface area contributed by atoms with Crippen LogP contribution >= 0.6 is 0 Å². The molecule has 0 spiro atoms. The Morgan fingerprint density at radius 1 is 1.53 bits per heavy atom. The molecule has 0 fully saturated rings. The number of aliphatic hydroxyl groups is 1. The summed E-state index contributed by atoms with van der Waals surface area (Å²) in [5.74, 6) is 1.07. The first-order chi connectivity index (χ1) is 7.80. The number of amides is 1. The molecule has 96 valence electrons. The van der Waals surface area contributed by atoms with Crippen LogP contribution in [0.4, 0.5) is 0 Å². The van der Waals surface area contributed by atoms with Crippen LogP contribution in [0, 0.1) is 12.8 Å². The number of hydrogen-bond donors (Lipinski definition) is 2. The molecular formula is C13H21NO3. The van der Waals surface area contributed by atoms with Crippen LogP contribution in [0.1, 0.15) is 43.5 Å². The van der Waals surface area contributed by atoms with Crippen molar-refractivity contribution in [2.24, 2.45) is 5.92 Å². The maximum atomic E-state index is 11.7. The molecule has 1 unspecified atom stereocenters. The Balaban J connectivity index is 2.48. The lowest BCUT2D eigenvalue weighted by molar-refractivity contribution is 0.0363. The van der Waals surface area contributed by atoms with E-state index in [9.17, 15) is 9.90 Å². The molecule has 1 rings (SSSR count). The number of rotatable bonds is 5. The minimum absolute atomic E-state index is 0.226. The van der Waals surface area contributed by atoms with Crippen molar-refractivity contribution in [3.05, 3.63) is 23.7 Å². The van der Waals surface area contributed by atoms with Gasteiger partial charge < -0.3 is 14.8 Å². The van der Waals surface area contributed by atoms with Gasteiger partial charge in [0.1, 0.15) is 5.76 Å². The fraction of sp³-hybridized carbons (Fsp3) is 0.615. The molecule has 1 heterocycles. The van der Waals surface area contributed by atoms with Crippen LogP contribution in [0.3, 0.4) is 0 Å². The molecule has 1 atom stereocenters. The van der Waals surface area contributed by atoms with Gasteiger partial charge in [-0.05, 0) is 38.3 Å². The van der Waals surface area contributed by atoms with Crippen LogP contribution in [0.25, 0.3) is 0 Å². The summed E-state index contributed by atoms with van der Waals surface area (Å²) in [6.07, 6.45) is 0.643. The minimum atomic E-state index is -0.883. The van der Waals surface area contributed by atoms with E-state index in [1.54, 1.807) is 26.0 Å². The average molecular weight is 239 g/mol. The zero-order chi connectivity index (χ0) is 13.1. The van der Waals surface area contributed by atoms with Gasteiger partial charge >= 0.3 is 0 Å². The van der Waals surface area contributed by atoms with Gasteiger partial charge in [-0.2, -0.15) is 0 Å². The first-order valence-corrected chi connectivity index (χ1v) is 5.87. The van der Waals surface area contributed by atoms with Gasteiger partial charge in [0.05, 0.1) is 5.60 Å². The third-order valence-electron chi connectivity index (χ3n) is 2.44. The molecule has 0 saturated carbocycles. The highest BCUT2D eigenvalue weighted by atomic mass is 16.3. The summed E-state index contributed by atoms with van der Waals surface area (Å²) in [6.45, 7) is 7.80. The molecule has 0 aliphatic carbocycles. The van der Waals surface area contributed by atoms with Crippen molar-refractivity contribution in [3.8, 4) is 0 Å². The van der Waals surface area contributed by atoms with Gasteiger partial charge in [-0.25, -0.2) is 0 Å². The van der Waals surface area contributed by atoms with E-state index in [1.807, 2.05) is 13.8 Å². The summed E-state index contributed by atoms with van der Waals surface area (Å²) in [5.41, 5.74) is -0.883. The van der Waals surface area contributed by atoms with Gasteiger partial charge in [-0.3, -0.25) is 4.79 Å². The number of nitrogens with one attached hydrogen (secondary N) is 1. The maximum Gasteiger partial charge on any atom is 0.287 e. The van der Waals surface area contributed by atoms with Crippen molar-refractivity contribution in [2.75, 3.05) is 6.54 Å². The second-order valence-corrected chi connectivity index (χ2v) is 5.19. The Morgan fingerprint density at radius 3 is 2.65 bits per heavy atom. The lowest BCUT2D eigenvalue weighted by atomic mass is 9.94. The van der Waals surface area contributed by atoms with Gasteiger partial charge in [0.15, 0.2) is 5.76 Å². The van der Waals surface area contributed by atoms with Gasteiger partial charge in [0, 0.05) is 6.54 Å². The molecule has 2 N–H and O–H groups in total. The molecule has 4 nitrogen and oxygen atoms in total. The Morgan fingerprint density at radius 2 is 2.18 bits per heavy atom. The summed E-state index contributed by atoms with van der Waals surface area (Å²) >= 11 is 0. The molecule has 0 aliphatic rings. The fourth-order valence-corrected chi connectivity index (χ4v) is 1.87. The van der Waals surface area contributed by atoms with Crippen LogP contribution in [0.15, 0.2) is 16.5 Å². The van der Waals surface area contributed by atoms with E-state index < -0.39 is 5.60 Å². The predicted octanol–water partition coefficient (Wildman–Crippen LogP) is 2.11. The predicted molar refractivity (Wildman–Crippen MR) is 65.9 cm³/mol. The van der Waals surface area contributed by atoms with Crippen molar-refractivity contribution in [1.29, 1.82) is 0 Å². The zero-order valence-corrected chi connectivity index (χ0v) is 10.9. The summed E-state index contributed by atoms with van der Waals surface area (Å²) in [4.78, 5) is 11.7. The van der Waals surface area contributed by atoms with Crippen LogP contribution in [0.2, 0.25) is 0 Å². The molecule has 0 radical (unpaired) electrons. The van der Waals surface area contributed by atoms with Gasteiger partial charge in [-0.1, -0.05) is 13.8 Å². The van der Waals surface area contributed by atoms with Crippen LogP contribution in [0.5, 0.6) is 0 Å². The molecule has 1 aromatic heterocycles. The maximum absolute atomic E-state index is 11.7. The molecule has 1 amide bonds. The quantitative estimate of drug-likeness (QED) is 0.827. The number of aryl methyl sites for hydroxylation is 1. The van der Waals surface area contributed by atoms with Crippen molar-refractivity contribution in [1.82, 2.24) is 5.32 Å². The summed E-state index contributed by atoms with van der Waals surface area (Å²) in [6, 6.07) is 3.36. The SMILES string of the molecule is Cc1ccc(C(=O)NCC(C)(O)CC(C)C)o1. The smallest absolute Gasteiger partial charge is 0.287 e. The normalized spacial score (nSPS) is 14.7. The van der Waals surface area contributed by atoms with E-state index in [4.69, 9.17) is 4.42 Å². The molecular weight excluding hydrogens is 218 g/mol. The molecule has 0 bridgehead atoms. The molecule has 0 aromatic carbocycles. The van der Waals surface area contributed by atoms with Crippen LogP contribution in [-0.4, -0.2) is 23.2 Å². The van der Waals surface area contributed by atoms with Crippen LogP contribution in [-0.2, 0) is 0 Å². The first-order valence-electron chi connectivity index (χ1n) is 5.87. The highest BCUT2D eigenvalue weighted by Gasteiger charge is 2.23. The third-order valence-corrected chi connectivity index (χ3v) is 2.44. The minimum Gasteiger partial charge on any atom is -0.456 e. The van der Waals surface area contributed by atoms with Crippen molar-refractivity contribution in [3.63, 3.8) is 0 Å². The Hall–Kier alpha value is -1.29. The largest absolute Gasteiger partial charge is 0.456 e. The summed E-state index contributed by atoms with van der Waals surface area (Å²) < 4.78 is 5.20. The van der Waals surface area contributed by atoms with E-state index in [1.165, 1.54) is 0 Å². The standard InChI is InChI=1S/C13H21NO3/c1-9(2)7-13(4,16)8-14-12(15)11-6-5-10(3)17-11/h5-6,9,16H,7-8H2,1-4H3,(H,14,15).